The van der Waals surface area contributed by atoms with Gasteiger partial charge in [-0.1, -0.05) is 111 Å². The lowest BCUT2D eigenvalue weighted by Crippen LogP contribution is -2.62. The first-order valence-electron chi connectivity index (χ1n) is 18.7. The Bertz CT molecular complexity index is 1210. The summed E-state index contributed by atoms with van der Waals surface area (Å²) in [5.41, 5.74) is 10.4. The molecule has 7 nitrogen and oxygen atoms in total. The Labute approximate surface area is 274 Å². The van der Waals surface area contributed by atoms with Gasteiger partial charge in [-0.15, -0.1) is 0 Å². The van der Waals surface area contributed by atoms with E-state index in [4.69, 9.17) is 5.73 Å². The van der Waals surface area contributed by atoms with Crippen LogP contribution in [0.25, 0.3) is 0 Å². The normalized spacial score (nSPS) is 21.9. The molecule has 45 heavy (non-hydrogen) atoms. The van der Waals surface area contributed by atoms with Gasteiger partial charge in [-0.2, -0.15) is 12.7 Å². The van der Waals surface area contributed by atoms with E-state index in [-0.39, 0.29) is 42.0 Å². The molecule has 0 atom stereocenters. The van der Waals surface area contributed by atoms with Crippen molar-refractivity contribution in [2.24, 2.45) is 0 Å². The number of nitrogens with two attached hydrogens (primary N) is 1. The molecule has 4 aliphatic rings. The lowest BCUT2D eigenvalue weighted by atomic mass is 9.87. The summed E-state index contributed by atoms with van der Waals surface area (Å²) in [7, 11) is -4.09. The highest BCUT2D eigenvalue weighted by Gasteiger charge is 2.48. The molecule has 4 saturated carbocycles. The smallest absolute Gasteiger partial charge is 0.339 e. The maximum absolute atomic E-state index is 15.6. The Morgan fingerprint density at radius 1 is 0.644 bits per heavy atom. The van der Waals surface area contributed by atoms with Crippen molar-refractivity contribution in [2.45, 2.75) is 192 Å². The van der Waals surface area contributed by atoms with Crippen LogP contribution in [-0.2, 0) is 10.2 Å². The molecule has 0 aliphatic heterocycles. The first-order chi connectivity index (χ1) is 21.6. The summed E-state index contributed by atoms with van der Waals surface area (Å²) in [5, 5.41) is 0. The number of hydrogen-bond donors (Lipinski definition) is 1. The van der Waals surface area contributed by atoms with Gasteiger partial charge in [0.2, 0.25) is 0 Å². The van der Waals surface area contributed by atoms with Crippen LogP contribution in [0.3, 0.4) is 0 Å². The van der Waals surface area contributed by atoms with Gasteiger partial charge in [0, 0.05) is 29.4 Å². The van der Waals surface area contributed by atoms with Crippen LogP contribution in [0.5, 0.6) is 0 Å². The largest absolute Gasteiger partial charge is 0.398 e. The molecule has 0 aromatic heterocycles. The van der Waals surface area contributed by atoms with Crippen molar-refractivity contribution in [3.05, 3.63) is 23.3 Å². The second kappa shape index (κ2) is 15.4. The number of nitrogens with zero attached hydrogens (tertiary/aromatic N) is 3. The second-order valence-corrected chi connectivity index (χ2v) is 17.0. The van der Waals surface area contributed by atoms with Crippen LogP contribution in [-0.4, -0.2) is 47.2 Å². The fourth-order valence-corrected chi connectivity index (χ4v) is 11.3. The van der Waals surface area contributed by atoms with Gasteiger partial charge in [-0.3, -0.25) is 4.90 Å². The van der Waals surface area contributed by atoms with E-state index in [9.17, 15) is 0 Å². The Kier molecular flexibility index (Phi) is 11.8. The van der Waals surface area contributed by atoms with Gasteiger partial charge in [0.1, 0.15) is 0 Å². The molecule has 1 aromatic carbocycles. The number of anilines is 2. The van der Waals surface area contributed by atoms with Gasteiger partial charge < -0.3 is 5.73 Å². The van der Waals surface area contributed by atoms with E-state index in [1.165, 1.54) is 17.1 Å². The Morgan fingerprint density at radius 2 is 1.07 bits per heavy atom. The standard InChI is InChI=1S/C37H62N4O3S/c1-27(2)33-25-26-34(38)35(28(3)4)36(33)39(29-17-9-5-10-18-29)37(42)41(32-23-15-8-16-24-32)45(43,44)40(30-19-11-6-12-20-30)31-21-13-7-14-22-31/h25-32H,5-24,38H2,1-4H3. The average Bonchev–Trinajstić information content (AvgIpc) is 3.03. The zero-order valence-electron chi connectivity index (χ0n) is 28.8. The van der Waals surface area contributed by atoms with E-state index in [2.05, 4.69) is 33.8 Å². The molecule has 0 saturated heterocycles. The Balaban J connectivity index is 1.69. The monoisotopic (exact) mass is 642 g/mol. The fraction of sp³-hybridized carbons (Fsp3) is 0.811. The maximum atomic E-state index is 15.6. The number of nitrogen functional groups attached to an aromatic ring is 1. The van der Waals surface area contributed by atoms with Crippen LogP contribution in [0.1, 0.15) is 179 Å². The van der Waals surface area contributed by atoms with E-state index in [0.29, 0.717) is 5.69 Å². The average molecular weight is 643 g/mol. The highest BCUT2D eigenvalue weighted by atomic mass is 32.2. The highest BCUT2D eigenvalue weighted by Crippen LogP contribution is 2.44. The molecular formula is C37H62N4O3S. The van der Waals surface area contributed by atoms with Crippen molar-refractivity contribution in [1.29, 1.82) is 0 Å². The third-order valence-electron chi connectivity index (χ3n) is 11.3. The topological polar surface area (TPSA) is 87.0 Å². The number of amides is 2. The first-order valence-corrected chi connectivity index (χ1v) is 20.1. The van der Waals surface area contributed by atoms with Crippen LogP contribution in [0.2, 0.25) is 0 Å². The third-order valence-corrected chi connectivity index (χ3v) is 13.4. The lowest BCUT2D eigenvalue weighted by molar-refractivity contribution is 0.148. The van der Waals surface area contributed by atoms with E-state index in [0.717, 1.165) is 132 Å². The number of rotatable bonds is 9. The van der Waals surface area contributed by atoms with Crippen molar-refractivity contribution in [3.63, 3.8) is 0 Å². The molecule has 0 heterocycles. The lowest BCUT2D eigenvalue weighted by Gasteiger charge is -2.47. The minimum atomic E-state index is -4.09. The van der Waals surface area contributed by atoms with Crippen LogP contribution in [0.4, 0.5) is 16.2 Å². The van der Waals surface area contributed by atoms with E-state index in [1.54, 1.807) is 0 Å². The third kappa shape index (κ3) is 7.52. The van der Waals surface area contributed by atoms with Crippen molar-refractivity contribution >= 4 is 27.6 Å². The van der Waals surface area contributed by atoms with Gasteiger partial charge in [0.05, 0.1) is 11.7 Å². The number of carbonyl (C=O) groups is 1. The number of benzene rings is 1. The van der Waals surface area contributed by atoms with Crippen LogP contribution < -0.4 is 10.6 Å². The summed E-state index contributed by atoms with van der Waals surface area (Å²) in [6.07, 6.45) is 19.8. The maximum Gasteiger partial charge on any atom is 0.339 e. The summed E-state index contributed by atoms with van der Waals surface area (Å²) in [6.45, 7) is 8.64. The molecule has 2 amide bonds. The molecule has 2 N–H and O–H groups in total. The molecule has 254 valence electrons. The van der Waals surface area contributed by atoms with E-state index >= 15 is 13.2 Å². The summed E-state index contributed by atoms with van der Waals surface area (Å²) in [6, 6.07) is 3.38. The zero-order chi connectivity index (χ0) is 32.1. The minimum Gasteiger partial charge on any atom is -0.398 e. The van der Waals surface area contributed by atoms with Gasteiger partial charge in [0.15, 0.2) is 0 Å². The highest BCUT2D eigenvalue weighted by molar-refractivity contribution is 7.87. The molecule has 5 rings (SSSR count). The van der Waals surface area contributed by atoms with E-state index in [1.807, 2.05) is 15.3 Å². The molecular weight excluding hydrogens is 580 g/mol. The molecule has 8 heteroatoms. The van der Waals surface area contributed by atoms with Crippen LogP contribution >= 0.6 is 0 Å². The van der Waals surface area contributed by atoms with E-state index < -0.39 is 10.2 Å². The quantitative estimate of drug-likeness (QED) is 0.272. The first kappa shape index (κ1) is 34.5. The minimum absolute atomic E-state index is 0.0151. The number of hydrogen-bond acceptors (Lipinski definition) is 4. The SMILES string of the molecule is CC(C)c1ccc(N)c(C(C)C)c1N(C(=O)N(C1CCCCC1)S(=O)(=O)N(C1CCCCC1)C1CCCCC1)C1CCCCC1. The molecule has 0 spiro atoms. The summed E-state index contributed by atoms with van der Waals surface area (Å²) < 4.78 is 34.3. The second-order valence-electron chi connectivity index (χ2n) is 15.3. The Hall–Kier alpha value is -1.80. The molecule has 0 radical (unpaired) electrons. The van der Waals surface area contributed by atoms with Gasteiger partial charge in [0.25, 0.3) is 0 Å². The molecule has 0 unspecified atom stereocenters. The molecule has 1 aromatic rings. The predicted octanol–water partition coefficient (Wildman–Crippen LogP) is 9.62. The van der Waals surface area contributed by atoms with Crippen LogP contribution in [0.15, 0.2) is 12.1 Å². The van der Waals surface area contributed by atoms with Crippen LogP contribution in [0, 0.1) is 0 Å². The van der Waals surface area contributed by atoms with Gasteiger partial charge in [-0.05, 0) is 74.8 Å². The van der Waals surface area contributed by atoms with Crippen molar-refractivity contribution < 1.29 is 13.2 Å². The molecule has 0 bridgehead atoms. The van der Waals surface area contributed by atoms with Crippen molar-refractivity contribution in [1.82, 2.24) is 8.61 Å². The zero-order valence-corrected chi connectivity index (χ0v) is 29.6. The number of carbonyl (C=O) groups excluding carboxylic acids is 1. The van der Waals surface area contributed by atoms with Gasteiger partial charge in [-0.25, -0.2) is 9.10 Å². The summed E-state index contributed by atoms with van der Waals surface area (Å²) in [4.78, 5) is 17.6. The van der Waals surface area contributed by atoms with Gasteiger partial charge >= 0.3 is 16.2 Å². The van der Waals surface area contributed by atoms with Crippen molar-refractivity contribution in [3.8, 4) is 0 Å². The summed E-state index contributed by atoms with van der Waals surface area (Å²) in [5.74, 6) is 0.260. The molecule has 4 fully saturated rings. The predicted molar refractivity (Wildman–Crippen MR) is 187 cm³/mol. The Morgan fingerprint density at radius 3 is 1.49 bits per heavy atom. The van der Waals surface area contributed by atoms with Crippen molar-refractivity contribution in [2.75, 3.05) is 10.6 Å². The number of urea groups is 1. The fourth-order valence-electron chi connectivity index (χ4n) is 9.07. The summed E-state index contributed by atoms with van der Waals surface area (Å²) >= 11 is 0. The molecule has 4 aliphatic carbocycles.